The van der Waals surface area contributed by atoms with E-state index in [-0.39, 0.29) is 0 Å². The zero-order valence-corrected chi connectivity index (χ0v) is 9.59. The normalized spacial score (nSPS) is 16.9. The van der Waals surface area contributed by atoms with Crippen LogP contribution in [0.2, 0.25) is 10.3 Å². The van der Waals surface area contributed by atoms with Gasteiger partial charge in [0.1, 0.15) is 5.52 Å². The number of aromatic nitrogens is 2. The highest BCUT2D eigenvalue weighted by Crippen LogP contribution is 2.38. The Bertz CT molecular complexity index is 515. The van der Waals surface area contributed by atoms with Crippen molar-refractivity contribution in [1.82, 2.24) is 9.55 Å². The standard InChI is InChI=1S/C11H10Cl2N2/c12-8-5-2-6-9-10(8)14-11(13)15(9)7-3-1-4-7/h2,5-7H,1,3-4H2. The second-order valence-corrected chi connectivity index (χ2v) is 4.69. The van der Waals surface area contributed by atoms with Crippen LogP contribution in [-0.2, 0) is 0 Å². The van der Waals surface area contributed by atoms with Gasteiger partial charge in [0.15, 0.2) is 0 Å². The molecule has 78 valence electrons. The van der Waals surface area contributed by atoms with Crippen LogP contribution in [0.4, 0.5) is 0 Å². The summed E-state index contributed by atoms with van der Waals surface area (Å²) in [6, 6.07) is 6.33. The van der Waals surface area contributed by atoms with Crippen LogP contribution in [-0.4, -0.2) is 9.55 Å². The van der Waals surface area contributed by atoms with E-state index in [1.54, 1.807) is 0 Å². The smallest absolute Gasteiger partial charge is 0.204 e. The molecule has 2 nitrogen and oxygen atoms in total. The minimum atomic E-state index is 0.515. The number of imidazole rings is 1. The van der Waals surface area contributed by atoms with Crippen LogP contribution in [0.25, 0.3) is 11.0 Å². The number of fused-ring (bicyclic) bond motifs is 1. The largest absolute Gasteiger partial charge is 0.311 e. The summed E-state index contributed by atoms with van der Waals surface area (Å²) in [6.45, 7) is 0. The maximum absolute atomic E-state index is 6.14. The monoisotopic (exact) mass is 240 g/mol. The Kier molecular flexibility index (Phi) is 2.15. The van der Waals surface area contributed by atoms with Crippen molar-refractivity contribution >= 4 is 34.2 Å². The summed E-state index contributed by atoms with van der Waals surface area (Å²) in [4.78, 5) is 4.31. The van der Waals surface area contributed by atoms with Crippen LogP contribution in [0.3, 0.4) is 0 Å². The van der Waals surface area contributed by atoms with Crippen LogP contribution in [0.5, 0.6) is 0 Å². The fraction of sp³-hybridized carbons (Fsp3) is 0.364. The molecule has 4 heteroatoms. The SMILES string of the molecule is Clc1cccc2c1nc(Cl)n2C1CCC1. The topological polar surface area (TPSA) is 17.8 Å². The molecule has 0 amide bonds. The molecule has 0 spiro atoms. The fourth-order valence-electron chi connectivity index (χ4n) is 2.05. The van der Waals surface area contributed by atoms with Crippen molar-refractivity contribution in [2.24, 2.45) is 0 Å². The molecule has 0 N–H and O–H groups in total. The van der Waals surface area contributed by atoms with Gasteiger partial charge in [-0.15, -0.1) is 0 Å². The molecule has 0 bridgehead atoms. The molecule has 0 radical (unpaired) electrons. The Morgan fingerprint density at radius 1 is 1.27 bits per heavy atom. The predicted octanol–water partition coefficient (Wildman–Crippen LogP) is 4.07. The average Bonchev–Trinajstić information content (AvgIpc) is 2.44. The summed E-state index contributed by atoms with van der Waals surface area (Å²) in [7, 11) is 0. The van der Waals surface area contributed by atoms with E-state index >= 15 is 0 Å². The van der Waals surface area contributed by atoms with E-state index in [9.17, 15) is 0 Å². The molecule has 1 aliphatic carbocycles. The summed E-state index contributed by atoms with van der Waals surface area (Å²) in [5, 5.41) is 1.23. The van der Waals surface area contributed by atoms with Gasteiger partial charge in [0, 0.05) is 6.04 Å². The number of hydrogen-bond acceptors (Lipinski definition) is 1. The van der Waals surface area contributed by atoms with E-state index in [0.29, 0.717) is 16.3 Å². The molecule has 1 heterocycles. The lowest BCUT2D eigenvalue weighted by molar-refractivity contribution is 0.321. The van der Waals surface area contributed by atoms with E-state index < -0.39 is 0 Å². The molecule has 1 fully saturated rings. The van der Waals surface area contributed by atoms with Gasteiger partial charge in [-0.25, -0.2) is 4.98 Å². The van der Waals surface area contributed by atoms with Crippen molar-refractivity contribution in [2.75, 3.05) is 0 Å². The highest BCUT2D eigenvalue weighted by Gasteiger charge is 2.24. The number of nitrogens with zero attached hydrogens (tertiary/aromatic N) is 2. The quantitative estimate of drug-likeness (QED) is 0.735. The zero-order chi connectivity index (χ0) is 10.4. The lowest BCUT2D eigenvalue weighted by Crippen LogP contribution is -2.16. The van der Waals surface area contributed by atoms with E-state index in [1.807, 2.05) is 18.2 Å². The molecule has 1 aromatic heterocycles. The van der Waals surface area contributed by atoms with Gasteiger partial charge >= 0.3 is 0 Å². The van der Waals surface area contributed by atoms with Gasteiger partial charge in [0.2, 0.25) is 5.28 Å². The number of hydrogen-bond donors (Lipinski definition) is 0. The van der Waals surface area contributed by atoms with Crippen LogP contribution in [0.15, 0.2) is 18.2 Å². The second kappa shape index (κ2) is 3.39. The molecule has 0 atom stereocenters. The Balaban J connectivity index is 2.27. The first-order valence-electron chi connectivity index (χ1n) is 5.09. The van der Waals surface area contributed by atoms with Gasteiger partial charge in [-0.2, -0.15) is 0 Å². The number of para-hydroxylation sites is 1. The first kappa shape index (κ1) is 9.49. The maximum atomic E-state index is 6.14. The lowest BCUT2D eigenvalue weighted by Gasteiger charge is -2.27. The molecule has 1 saturated carbocycles. The third-order valence-electron chi connectivity index (χ3n) is 3.07. The molecule has 0 saturated heterocycles. The zero-order valence-electron chi connectivity index (χ0n) is 8.08. The predicted molar refractivity (Wildman–Crippen MR) is 62.6 cm³/mol. The summed E-state index contributed by atoms with van der Waals surface area (Å²) in [5.74, 6) is 0. The Morgan fingerprint density at radius 3 is 2.73 bits per heavy atom. The van der Waals surface area contributed by atoms with Crippen LogP contribution >= 0.6 is 23.2 Å². The summed E-state index contributed by atoms with van der Waals surface area (Å²) >= 11 is 12.2. The number of halogens is 2. The molecule has 3 rings (SSSR count). The summed E-state index contributed by atoms with van der Waals surface area (Å²) < 4.78 is 2.10. The first-order valence-corrected chi connectivity index (χ1v) is 5.85. The highest BCUT2D eigenvalue weighted by molar-refractivity contribution is 6.35. The van der Waals surface area contributed by atoms with E-state index in [1.165, 1.54) is 19.3 Å². The minimum Gasteiger partial charge on any atom is -0.311 e. The van der Waals surface area contributed by atoms with Crippen molar-refractivity contribution in [1.29, 1.82) is 0 Å². The van der Waals surface area contributed by atoms with Gasteiger partial charge in [0.05, 0.1) is 10.5 Å². The Hall–Kier alpha value is -0.730. The lowest BCUT2D eigenvalue weighted by atomic mass is 9.93. The van der Waals surface area contributed by atoms with Crippen molar-refractivity contribution in [3.63, 3.8) is 0 Å². The first-order chi connectivity index (χ1) is 7.27. The van der Waals surface area contributed by atoms with E-state index in [4.69, 9.17) is 23.2 Å². The van der Waals surface area contributed by atoms with Crippen molar-refractivity contribution < 1.29 is 0 Å². The fourth-order valence-corrected chi connectivity index (χ4v) is 2.57. The summed E-state index contributed by atoms with van der Waals surface area (Å²) in [5.41, 5.74) is 1.87. The molecule has 0 unspecified atom stereocenters. The third-order valence-corrected chi connectivity index (χ3v) is 3.64. The van der Waals surface area contributed by atoms with E-state index in [0.717, 1.165) is 11.0 Å². The molecule has 2 aromatic rings. The molecule has 1 aliphatic rings. The van der Waals surface area contributed by atoms with Gasteiger partial charge < -0.3 is 4.57 Å². The maximum Gasteiger partial charge on any atom is 0.204 e. The molecular formula is C11H10Cl2N2. The van der Waals surface area contributed by atoms with Gasteiger partial charge in [-0.3, -0.25) is 0 Å². The Labute approximate surface area is 97.8 Å². The number of rotatable bonds is 1. The van der Waals surface area contributed by atoms with Gasteiger partial charge in [-0.05, 0) is 43.0 Å². The molecule has 15 heavy (non-hydrogen) atoms. The van der Waals surface area contributed by atoms with Crippen molar-refractivity contribution in [2.45, 2.75) is 25.3 Å². The highest BCUT2D eigenvalue weighted by atomic mass is 35.5. The van der Waals surface area contributed by atoms with Gasteiger partial charge in [0.25, 0.3) is 0 Å². The van der Waals surface area contributed by atoms with Gasteiger partial charge in [-0.1, -0.05) is 17.7 Å². The van der Waals surface area contributed by atoms with E-state index in [2.05, 4.69) is 9.55 Å². The van der Waals surface area contributed by atoms with Crippen molar-refractivity contribution in [3.05, 3.63) is 28.5 Å². The molecular weight excluding hydrogens is 231 g/mol. The van der Waals surface area contributed by atoms with Crippen LogP contribution in [0, 0.1) is 0 Å². The minimum absolute atomic E-state index is 0.515. The van der Waals surface area contributed by atoms with Crippen LogP contribution in [0.1, 0.15) is 25.3 Å². The van der Waals surface area contributed by atoms with Crippen molar-refractivity contribution in [3.8, 4) is 0 Å². The van der Waals surface area contributed by atoms with Crippen LogP contribution < -0.4 is 0 Å². The molecule has 1 aromatic carbocycles. The Morgan fingerprint density at radius 2 is 2.07 bits per heavy atom. The second-order valence-electron chi connectivity index (χ2n) is 3.94. The average molecular weight is 241 g/mol. The summed E-state index contributed by atoms with van der Waals surface area (Å²) in [6.07, 6.45) is 3.66. The molecule has 0 aliphatic heterocycles. The third kappa shape index (κ3) is 1.35. The number of benzene rings is 1.